The van der Waals surface area contributed by atoms with Crippen LogP contribution in [0.5, 0.6) is 0 Å². The summed E-state index contributed by atoms with van der Waals surface area (Å²) in [7, 11) is 0. The van der Waals surface area contributed by atoms with Crippen molar-refractivity contribution in [1.82, 2.24) is 4.90 Å². The van der Waals surface area contributed by atoms with E-state index >= 15 is 0 Å². The number of amides is 3. The predicted octanol–water partition coefficient (Wildman–Crippen LogP) is 3.14. The van der Waals surface area contributed by atoms with Gasteiger partial charge in [0.25, 0.3) is 0 Å². The Hall–Kier alpha value is -3.09. The third-order valence-corrected chi connectivity index (χ3v) is 4.21. The molecule has 1 aliphatic heterocycles. The number of para-hydroxylation sites is 1. The first-order chi connectivity index (χ1) is 12.5. The lowest BCUT2D eigenvalue weighted by atomic mass is 10.2. The Kier molecular flexibility index (Phi) is 5.36. The van der Waals surface area contributed by atoms with Gasteiger partial charge in [0, 0.05) is 44.5 Å². The summed E-state index contributed by atoms with van der Waals surface area (Å²) >= 11 is 0. The Morgan fingerprint density at radius 1 is 0.962 bits per heavy atom. The van der Waals surface area contributed by atoms with Crippen molar-refractivity contribution < 1.29 is 14.0 Å². The molecule has 0 spiro atoms. The maximum absolute atomic E-state index is 13.7. The fourth-order valence-corrected chi connectivity index (χ4v) is 2.91. The highest BCUT2D eigenvalue weighted by Crippen LogP contribution is 2.21. The van der Waals surface area contributed by atoms with E-state index < -0.39 is 5.82 Å². The lowest BCUT2D eigenvalue weighted by Gasteiger charge is -2.36. The molecule has 6 nitrogen and oxygen atoms in total. The predicted molar refractivity (Wildman–Crippen MR) is 100.0 cm³/mol. The molecule has 26 heavy (non-hydrogen) atoms. The Morgan fingerprint density at radius 2 is 1.69 bits per heavy atom. The molecular weight excluding hydrogens is 335 g/mol. The van der Waals surface area contributed by atoms with Crippen LogP contribution in [-0.4, -0.2) is 43.0 Å². The summed E-state index contributed by atoms with van der Waals surface area (Å²) in [5.41, 5.74) is 1.92. The summed E-state index contributed by atoms with van der Waals surface area (Å²) in [6.07, 6.45) is 0. The quantitative estimate of drug-likeness (QED) is 0.888. The number of carbonyl (C=O) groups is 2. The molecule has 0 aliphatic carbocycles. The van der Waals surface area contributed by atoms with Crippen LogP contribution in [0.4, 0.5) is 26.2 Å². The molecule has 7 heteroatoms. The number of rotatable bonds is 3. The molecule has 1 aliphatic rings. The maximum Gasteiger partial charge on any atom is 0.322 e. The number of halogens is 1. The largest absolute Gasteiger partial charge is 0.368 e. The molecule has 3 rings (SSSR count). The van der Waals surface area contributed by atoms with Gasteiger partial charge in [0.2, 0.25) is 5.91 Å². The summed E-state index contributed by atoms with van der Waals surface area (Å²) in [5, 5.41) is 5.38. The third-order valence-electron chi connectivity index (χ3n) is 4.21. The Labute approximate surface area is 151 Å². The summed E-state index contributed by atoms with van der Waals surface area (Å²) in [6.45, 7) is 3.86. The van der Waals surface area contributed by atoms with Crippen molar-refractivity contribution in [3.8, 4) is 0 Å². The number of anilines is 3. The van der Waals surface area contributed by atoms with E-state index in [0.29, 0.717) is 26.2 Å². The third kappa shape index (κ3) is 4.30. The van der Waals surface area contributed by atoms with E-state index in [0.717, 1.165) is 11.4 Å². The zero-order valence-corrected chi connectivity index (χ0v) is 14.5. The molecule has 2 aromatic carbocycles. The molecule has 2 N–H and O–H groups in total. The minimum atomic E-state index is -0.450. The summed E-state index contributed by atoms with van der Waals surface area (Å²) < 4.78 is 13.7. The first-order valence-electron chi connectivity index (χ1n) is 8.46. The number of benzene rings is 2. The van der Waals surface area contributed by atoms with Crippen molar-refractivity contribution in [3.05, 3.63) is 54.3 Å². The number of piperazine rings is 1. The maximum atomic E-state index is 13.7. The Morgan fingerprint density at radius 3 is 2.38 bits per heavy atom. The standard InChI is InChI=1S/C19H21FN4O2/c1-14(25)21-15-5-4-6-16(13-15)23-9-11-24(12-10-23)19(26)22-18-8-3-2-7-17(18)20/h2-8,13H,9-12H2,1H3,(H,21,25)(H,22,26). The number of urea groups is 1. The number of hydrogen-bond acceptors (Lipinski definition) is 3. The average Bonchev–Trinajstić information content (AvgIpc) is 2.63. The van der Waals surface area contributed by atoms with Crippen LogP contribution in [0.15, 0.2) is 48.5 Å². The van der Waals surface area contributed by atoms with E-state index in [2.05, 4.69) is 15.5 Å². The topological polar surface area (TPSA) is 64.7 Å². The Balaban J connectivity index is 1.58. The minimum Gasteiger partial charge on any atom is -0.368 e. The summed E-state index contributed by atoms with van der Waals surface area (Å²) in [6, 6.07) is 13.4. The molecule has 1 fully saturated rings. The molecule has 136 valence electrons. The molecule has 1 heterocycles. The van der Waals surface area contributed by atoms with Crippen molar-refractivity contribution in [1.29, 1.82) is 0 Å². The molecule has 0 saturated carbocycles. The van der Waals surface area contributed by atoms with E-state index in [1.165, 1.54) is 19.1 Å². The monoisotopic (exact) mass is 356 g/mol. The van der Waals surface area contributed by atoms with Gasteiger partial charge in [0.1, 0.15) is 5.82 Å². The molecule has 0 radical (unpaired) electrons. The summed E-state index contributed by atoms with van der Waals surface area (Å²) in [5.74, 6) is -0.564. The smallest absolute Gasteiger partial charge is 0.322 e. The zero-order valence-electron chi connectivity index (χ0n) is 14.5. The van der Waals surface area contributed by atoms with Crippen LogP contribution in [0.25, 0.3) is 0 Å². The van der Waals surface area contributed by atoms with Crippen LogP contribution >= 0.6 is 0 Å². The normalized spacial score (nSPS) is 14.1. The van der Waals surface area contributed by atoms with Gasteiger partial charge in [0.05, 0.1) is 5.69 Å². The zero-order chi connectivity index (χ0) is 18.5. The van der Waals surface area contributed by atoms with Crippen molar-refractivity contribution in [2.45, 2.75) is 6.92 Å². The van der Waals surface area contributed by atoms with Crippen LogP contribution in [0.2, 0.25) is 0 Å². The highest BCUT2D eigenvalue weighted by atomic mass is 19.1. The van der Waals surface area contributed by atoms with Gasteiger partial charge in [-0.15, -0.1) is 0 Å². The SMILES string of the molecule is CC(=O)Nc1cccc(N2CCN(C(=O)Nc3ccccc3F)CC2)c1. The van der Waals surface area contributed by atoms with Gasteiger partial charge in [-0.1, -0.05) is 18.2 Å². The van der Waals surface area contributed by atoms with Crippen LogP contribution < -0.4 is 15.5 Å². The minimum absolute atomic E-state index is 0.114. The van der Waals surface area contributed by atoms with E-state index in [1.54, 1.807) is 17.0 Å². The van der Waals surface area contributed by atoms with Crippen molar-refractivity contribution in [3.63, 3.8) is 0 Å². The van der Waals surface area contributed by atoms with Crippen LogP contribution in [0.1, 0.15) is 6.92 Å². The van der Waals surface area contributed by atoms with E-state index in [-0.39, 0.29) is 17.6 Å². The molecular formula is C19H21FN4O2. The van der Waals surface area contributed by atoms with E-state index in [1.807, 2.05) is 24.3 Å². The van der Waals surface area contributed by atoms with Crippen LogP contribution in [-0.2, 0) is 4.79 Å². The van der Waals surface area contributed by atoms with Gasteiger partial charge in [-0.3, -0.25) is 4.79 Å². The number of nitrogens with one attached hydrogen (secondary N) is 2. The van der Waals surface area contributed by atoms with Gasteiger partial charge in [-0.25, -0.2) is 9.18 Å². The lowest BCUT2D eigenvalue weighted by molar-refractivity contribution is -0.114. The molecule has 0 atom stereocenters. The van der Waals surface area contributed by atoms with Crippen molar-refractivity contribution in [2.75, 3.05) is 41.7 Å². The molecule has 3 amide bonds. The van der Waals surface area contributed by atoms with Crippen molar-refractivity contribution >= 4 is 29.0 Å². The molecule has 0 unspecified atom stereocenters. The number of hydrogen-bond donors (Lipinski definition) is 2. The van der Waals surface area contributed by atoms with Crippen molar-refractivity contribution in [2.24, 2.45) is 0 Å². The van der Waals surface area contributed by atoms with Gasteiger partial charge in [0.15, 0.2) is 0 Å². The van der Waals surface area contributed by atoms with Gasteiger partial charge in [-0.05, 0) is 30.3 Å². The molecule has 0 aromatic heterocycles. The first-order valence-corrected chi connectivity index (χ1v) is 8.46. The second-order valence-corrected chi connectivity index (χ2v) is 6.12. The first kappa shape index (κ1) is 17.7. The fraction of sp³-hybridized carbons (Fsp3) is 0.263. The van der Waals surface area contributed by atoms with Crippen LogP contribution in [0, 0.1) is 5.82 Å². The molecule has 0 bridgehead atoms. The van der Waals surface area contributed by atoms with Gasteiger partial charge in [-0.2, -0.15) is 0 Å². The lowest BCUT2D eigenvalue weighted by Crippen LogP contribution is -2.50. The highest BCUT2D eigenvalue weighted by Gasteiger charge is 2.22. The van der Waals surface area contributed by atoms with Gasteiger partial charge >= 0.3 is 6.03 Å². The highest BCUT2D eigenvalue weighted by molar-refractivity contribution is 5.90. The van der Waals surface area contributed by atoms with E-state index in [4.69, 9.17) is 0 Å². The van der Waals surface area contributed by atoms with Gasteiger partial charge < -0.3 is 20.4 Å². The van der Waals surface area contributed by atoms with Crippen LogP contribution in [0.3, 0.4) is 0 Å². The molecule has 2 aromatic rings. The fourth-order valence-electron chi connectivity index (χ4n) is 2.91. The van der Waals surface area contributed by atoms with E-state index in [9.17, 15) is 14.0 Å². The Bertz CT molecular complexity index is 804. The second kappa shape index (κ2) is 7.86. The average molecular weight is 356 g/mol. The second-order valence-electron chi connectivity index (χ2n) is 6.12. The summed E-state index contributed by atoms with van der Waals surface area (Å²) in [4.78, 5) is 27.3. The molecule has 1 saturated heterocycles. The number of nitrogens with zero attached hydrogens (tertiary/aromatic N) is 2. The number of carbonyl (C=O) groups excluding carboxylic acids is 2.